The van der Waals surface area contributed by atoms with Crippen LogP contribution in [0.1, 0.15) is 0 Å². The zero-order valence-electron chi connectivity index (χ0n) is 32.1. The van der Waals surface area contributed by atoms with Crippen LogP contribution in [0.2, 0.25) is 0 Å². The lowest BCUT2D eigenvalue weighted by Crippen LogP contribution is -2.10. The maximum atomic E-state index is 6.65. The highest BCUT2D eigenvalue weighted by Crippen LogP contribution is 2.45. The van der Waals surface area contributed by atoms with Gasteiger partial charge in [-0.3, -0.25) is 0 Å². The Balaban J connectivity index is 1.09. The first-order valence-corrected chi connectivity index (χ1v) is 20.2. The highest BCUT2D eigenvalue weighted by atomic mass is 16.3. The molecule has 0 aliphatic carbocycles. The summed E-state index contributed by atoms with van der Waals surface area (Å²) >= 11 is 0. The van der Waals surface area contributed by atoms with Gasteiger partial charge >= 0.3 is 0 Å². The Hall–Kier alpha value is -7.88. The van der Waals surface area contributed by atoms with Crippen molar-refractivity contribution in [3.63, 3.8) is 0 Å². The van der Waals surface area contributed by atoms with Gasteiger partial charge in [-0.15, -0.1) is 0 Å². The van der Waals surface area contributed by atoms with Crippen molar-refractivity contribution in [2.24, 2.45) is 0 Å². The summed E-state index contributed by atoms with van der Waals surface area (Å²) in [4.78, 5) is 2.38. The van der Waals surface area contributed by atoms with Crippen molar-refractivity contribution in [2.75, 3.05) is 4.90 Å². The lowest BCUT2D eigenvalue weighted by molar-refractivity contribution is 0.669. The van der Waals surface area contributed by atoms with E-state index in [1.807, 2.05) is 0 Å². The van der Waals surface area contributed by atoms with Crippen LogP contribution in [0, 0.1) is 0 Å². The predicted octanol–water partition coefficient (Wildman–Crippen LogP) is 15.8. The molecule has 10 aromatic carbocycles. The number of nitrogens with zero attached hydrogens (tertiary/aromatic N) is 2. The fraction of sp³-hybridized carbons (Fsp3) is 0. The first-order chi connectivity index (χ1) is 29.3. The largest absolute Gasteiger partial charge is 0.456 e. The SMILES string of the molecule is c1ccc(-c2ccc(N(c3ccc4oc5cccc(-c6cccc7ccc8ccccc8c67)c5c4c3)c3ccc4c(c3)c3ccccc3n4-c3ccccc3)cc2)cc1. The van der Waals surface area contributed by atoms with Crippen LogP contribution in [-0.2, 0) is 0 Å². The van der Waals surface area contributed by atoms with E-state index in [1.165, 1.54) is 60.0 Å². The van der Waals surface area contributed by atoms with Gasteiger partial charge in [-0.25, -0.2) is 0 Å². The van der Waals surface area contributed by atoms with Crippen LogP contribution in [0.3, 0.4) is 0 Å². The summed E-state index contributed by atoms with van der Waals surface area (Å²) in [6.07, 6.45) is 0. The molecule has 12 aromatic rings. The Morgan fingerprint density at radius 3 is 1.76 bits per heavy atom. The molecular formula is C56H36N2O. The Labute approximate surface area is 341 Å². The van der Waals surface area contributed by atoms with Crippen LogP contribution in [0.25, 0.3) is 93.2 Å². The quantitative estimate of drug-likeness (QED) is 0.158. The summed E-state index contributed by atoms with van der Waals surface area (Å²) in [5.74, 6) is 0. The Morgan fingerprint density at radius 2 is 0.932 bits per heavy atom. The minimum absolute atomic E-state index is 0.863. The number of furan rings is 1. The average molecular weight is 753 g/mol. The average Bonchev–Trinajstić information content (AvgIpc) is 3.85. The molecule has 0 spiro atoms. The summed E-state index contributed by atoms with van der Waals surface area (Å²) in [5, 5.41) is 9.58. The molecule has 276 valence electrons. The lowest BCUT2D eigenvalue weighted by atomic mass is 9.91. The van der Waals surface area contributed by atoms with E-state index in [4.69, 9.17) is 4.42 Å². The molecule has 0 amide bonds. The standard InChI is InChI=1S/C56H36N2O/c1-3-13-37(14-4-1)38-27-29-42(30-28-38)57(43-31-33-52-49(35-43)46-20-9-10-23-51(46)58(52)41-17-5-2-6-18-41)44-32-34-53-50(36-44)56-48(22-12-24-54(56)59-53)47-21-11-16-40-26-25-39-15-7-8-19-45(39)55(40)47/h1-36H. The molecule has 0 saturated heterocycles. The minimum Gasteiger partial charge on any atom is -0.456 e. The van der Waals surface area contributed by atoms with E-state index in [0.29, 0.717) is 0 Å². The van der Waals surface area contributed by atoms with Crippen LogP contribution < -0.4 is 4.90 Å². The minimum atomic E-state index is 0.863. The van der Waals surface area contributed by atoms with E-state index in [1.54, 1.807) is 0 Å². The molecule has 59 heavy (non-hydrogen) atoms. The van der Waals surface area contributed by atoms with Gasteiger partial charge in [0.2, 0.25) is 0 Å². The molecule has 0 radical (unpaired) electrons. The molecule has 0 saturated carbocycles. The molecule has 0 aliphatic heterocycles. The summed E-state index contributed by atoms with van der Waals surface area (Å²) in [6, 6.07) is 78.7. The molecule has 2 aromatic heterocycles. The van der Waals surface area contributed by atoms with E-state index in [2.05, 4.69) is 228 Å². The van der Waals surface area contributed by atoms with E-state index >= 15 is 0 Å². The number of anilines is 3. The van der Waals surface area contributed by atoms with Gasteiger partial charge in [-0.05, 0) is 117 Å². The number of hydrogen-bond acceptors (Lipinski definition) is 2. The van der Waals surface area contributed by atoms with Crippen LogP contribution in [-0.4, -0.2) is 4.57 Å². The lowest BCUT2D eigenvalue weighted by Gasteiger charge is -2.26. The molecule has 0 aliphatic rings. The first-order valence-electron chi connectivity index (χ1n) is 20.2. The van der Waals surface area contributed by atoms with Crippen LogP contribution in [0.15, 0.2) is 223 Å². The second-order valence-corrected chi connectivity index (χ2v) is 15.3. The molecule has 3 nitrogen and oxygen atoms in total. The summed E-state index contributed by atoms with van der Waals surface area (Å²) in [7, 11) is 0. The molecule has 0 unspecified atom stereocenters. The zero-order valence-corrected chi connectivity index (χ0v) is 32.1. The third-order valence-electron chi connectivity index (χ3n) is 12.0. The van der Waals surface area contributed by atoms with E-state index in [9.17, 15) is 0 Å². The number of para-hydroxylation sites is 2. The highest BCUT2D eigenvalue weighted by Gasteiger charge is 2.21. The number of fused-ring (bicyclic) bond motifs is 9. The van der Waals surface area contributed by atoms with Gasteiger partial charge in [0.1, 0.15) is 11.2 Å². The topological polar surface area (TPSA) is 21.3 Å². The smallest absolute Gasteiger partial charge is 0.136 e. The van der Waals surface area contributed by atoms with Crippen LogP contribution in [0.4, 0.5) is 17.1 Å². The van der Waals surface area contributed by atoms with Crippen molar-refractivity contribution in [3.05, 3.63) is 218 Å². The van der Waals surface area contributed by atoms with Crippen molar-refractivity contribution in [1.82, 2.24) is 4.57 Å². The molecule has 0 bridgehead atoms. The van der Waals surface area contributed by atoms with Crippen molar-refractivity contribution in [3.8, 4) is 27.9 Å². The molecule has 3 heteroatoms. The number of rotatable bonds is 6. The van der Waals surface area contributed by atoms with Gasteiger partial charge in [0.25, 0.3) is 0 Å². The Morgan fingerprint density at radius 1 is 0.339 bits per heavy atom. The molecule has 0 fully saturated rings. The number of benzene rings is 10. The van der Waals surface area contributed by atoms with Gasteiger partial charge in [-0.1, -0.05) is 146 Å². The van der Waals surface area contributed by atoms with E-state index in [0.717, 1.165) is 50.3 Å². The second-order valence-electron chi connectivity index (χ2n) is 15.3. The van der Waals surface area contributed by atoms with Crippen molar-refractivity contribution in [1.29, 1.82) is 0 Å². The fourth-order valence-electron chi connectivity index (χ4n) is 9.30. The van der Waals surface area contributed by atoms with E-state index in [-0.39, 0.29) is 0 Å². The summed E-state index contributed by atoms with van der Waals surface area (Å²) in [6.45, 7) is 0. The number of hydrogen-bond donors (Lipinski definition) is 0. The van der Waals surface area contributed by atoms with Crippen LogP contribution in [0.5, 0.6) is 0 Å². The molecule has 2 heterocycles. The first kappa shape index (κ1) is 33.3. The molecule has 0 N–H and O–H groups in total. The Kier molecular flexibility index (Phi) is 7.54. The second kappa shape index (κ2) is 13.4. The monoisotopic (exact) mass is 752 g/mol. The van der Waals surface area contributed by atoms with Crippen molar-refractivity contribution < 1.29 is 4.42 Å². The Bertz CT molecular complexity index is 3540. The summed E-state index contributed by atoms with van der Waals surface area (Å²) in [5.41, 5.74) is 13.2. The van der Waals surface area contributed by atoms with Gasteiger partial charge in [-0.2, -0.15) is 0 Å². The third kappa shape index (κ3) is 5.36. The van der Waals surface area contributed by atoms with Crippen molar-refractivity contribution >= 4 is 82.4 Å². The summed E-state index contributed by atoms with van der Waals surface area (Å²) < 4.78 is 9.02. The maximum Gasteiger partial charge on any atom is 0.136 e. The third-order valence-corrected chi connectivity index (χ3v) is 12.0. The van der Waals surface area contributed by atoms with Gasteiger partial charge in [0, 0.05) is 44.3 Å². The normalized spacial score (nSPS) is 11.7. The maximum absolute atomic E-state index is 6.65. The van der Waals surface area contributed by atoms with Gasteiger partial charge in [0.05, 0.1) is 11.0 Å². The molecule has 0 atom stereocenters. The van der Waals surface area contributed by atoms with Crippen molar-refractivity contribution in [2.45, 2.75) is 0 Å². The zero-order chi connectivity index (χ0) is 38.9. The van der Waals surface area contributed by atoms with Gasteiger partial charge < -0.3 is 13.9 Å². The molecule has 12 rings (SSSR count). The predicted molar refractivity (Wildman–Crippen MR) is 249 cm³/mol. The number of aromatic nitrogens is 1. The van der Waals surface area contributed by atoms with Gasteiger partial charge in [0.15, 0.2) is 0 Å². The highest BCUT2D eigenvalue weighted by molar-refractivity contribution is 6.20. The molecular weight excluding hydrogens is 717 g/mol. The van der Waals surface area contributed by atoms with Crippen LogP contribution >= 0.6 is 0 Å². The van der Waals surface area contributed by atoms with E-state index < -0.39 is 0 Å². The fourth-order valence-corrected chi connectivity index (χ4v) is 9.30.